The van der Waals surface area contributed by atoms with Crippen molar-refractivity contribution in [1.82, 2.24) is 4.90 Å². The molecule has 6 nitrogen and oxygen atoms in total. The summed E-state index contributed by atoms with van der Waals surface area (Å²) in [5.74, 6) is 1.21. The Hall–Kier alpha value is -3.77. The lowest BCUT2D eigenvalue weighted by Gasteiger charge is -2.25. The van der Waals surface area contributed by atoms with Crippen LogP contribution in [0.2, 0.25) is 5.02 Å². The zero-order valence-electron chi connectivity index (χ0n) is 20.1. The number of hydrogen-bond donors (Lipinski definition) is 0. The molecule has 1 atom stereocenters. The van der Waals surface area contributed by atoms with E-state index in [1.165, 1.54) is 0 Å². The molecule has 1 aliphatic rings. The van der Waals surface area contributed by atoms with Crippen LogP contribution >= 0.6 is 11.6 Å². The van der Waals surface area contributed by atoms with Gasteiger partial charge in [-0.25, -0.2) is 0 Å². The van der Waals surface area contributed by atoms with Crippen LogP contribution in [-0.4, -0.2) is 24.5 Å². The van der Waals surface area contributed by atoms with Crippen molar-refractivity contribution in [1.29, 1.82) is 0 Å². The van der Waals surface area contributed by atoms with Gasteiger partial charge in [-0.2, -0.15) is 0 Å². The number of fused-ring (bicyclic) bond motifs is 2. The molecule has 5 rings (SSSR count). The largest absolute Gasteiger partial charge is 0.497 e. The Kier molecular flexibility index (Phi) is 6.70. The highest BCUT2D eigenvalue weighted by molar-refractivity contribution is 6.31. The minimum atomic E-state index is -0.612. The van der Waals surface area contributed by atoms with Gasteiger partial charge in [-0.15, -0.1) is 0 Å². The van der Waals surface area contributed by atoms with Crippen LogP contribution in [0.4, 0.5) is 0 Å². The Bertz CT molecular complexity index is 1460. The first-order valence-corrected chi connectivity index (χ1v) is 12.3. The van der Waals surface area contributed by atoms with E-state index in [4.69, 9.17) is 25.5 Å². The molecule has 0 bridgehead atoms. The molecule has 4 aromatic rings. The maximum Gasteiger partial charge on any atom is 0.291 e. The van der Waals surface area contributed by atoms with E-state index in [2.05, 4.69) is 6.92 Å². The molecular weight excluding hydrogens is 478 g/mol. The number of halogens is 1. The highest BCUT2D eigenvalue weighted by Crippen LogP contribution is 2.40. The van der Waals surface area contributed by atoms with E-state index in [9.17, 15) is 9.59 Å². The average molecular weight is 504 g/mol. The molecule has 7 heteroatoms. The third-order valence-electron chi connectivity index (χ3n) is 6.40. The van der Waals surface area contributed by atoms with Crippen LogP contribution in [0, 0.1) is 0 Å². The second-order valence-corrected chi connectivity index (χ2v) is 9.21. The van der Waals surface area contributed by atoms with Crippen molar-refractivity contribution in [2.75, 3.05) is 13.7 Å². The predicted octanol–water partition coefficient (Wildman–Crippen LogP) is 6.38. The normalized spacial score (nSPS) is 14.8. The van der Waals surface area contributed by atoms with Gasteiger partial charge in [0.1, 0.15) is 17.1 Å². The predicted molar refractivity (Wildman–Crippen MR) is 139 cm³/mol. The summed E-state index contributed by atoms with van der Waals surface area (Å²) in [4.78, 5) is 29.0. The van der Waals surface area contributed by atoms with Crippen molar-refractivity contribution in [3.63, 3.8) is 0 Å². The fraction of sp³-hybridized carbons (Fsp3) is 0.241. The topological polar surface area (TPSA) is 69.0 Å². The van der Waals surface area contributed by atoms with Gasteiger partial charge in [0, 0.05) is 11.6 Å². The maximum atomic E-state index is 13.7. The first-order chi connectivity index (χ1) is 17.5. The first kappa shape index (κ1) is 23.9. The van der Waals surface area contributed by atoms with Crippen LogP contribution in [0.25, 0.3) is 11.0 Å². The molecule has 0 saturated heterocycles. The van der Waals surface area contributed by atoms with Crippen LogP contribution in [0.1, 0.15) is 53.1 Å². The Labute approximate surface area is 214 Å². The molecule has 0 saturated carbocycles. The van der Waals surface area contributed by atoms with Crippen molar-refractivity contribution in [2.45, 2.75) is 32.4 Å². The molecule has 0 aliphatic carbocycles. The Morgan fingerprint density at radius 1 is 0.972 bits per heavy atom. The average Bonchev–Trinajstić information content (AvgIpc) is 3.17. The van der Waals surface area contributed by atoms with Crippen molar-refractivity contribution in [3.8, 4) is 11.5 Å². The molecular formula is C29H26ClNO5. The smallest absolute Gasteiger partial charge is 0.291 e. The van der Waals surface area contributed by atoms with Crippen molar-refractivity contribution >= 4 is 28.5 Å². The molecule has 2 heterocycles. The number of carbonyl (C=O) groups excluding carboxylic acids is 1. The summed E-state index contributed by atoms with van der Waals surface area (Å²) >= 11 is 6.17. The Balaban J connectivity index is 1.59. The van der Waals surface area contributed by atoms with E-state index in [-0.39, 0.29) is 17.1 Å². The highest BCUT2D eigenvalue weighted by Gasteiger charge is 2.42. The second kappa shape index (κ2) is 10.1. The van der Waals surface area contributed by atoms with Gasteiger partial charge in [0.15, 0.2) is 5.43 Å². The molecule has 184 valence electrons. The summed E-state index contributed by atoms with van der Waals surface area (Å²) in [7, 11) is 1.61. The lowest BCUT2D eigenvalue weighted by atomic mass is 9.98. The van der Waals surface area contributed by atoms with Crippen molar-refractivity contribution in [2.24, 2.45) is 0 Å². The van der Waals surface area contributed by atoms with Gasteiger partial charge in [0.25, 0.3) is 5.91 Å². The number of nitrogens with zero attached hydrogens (tertiary/aromatic N) is 1. The fourth-order valence-electron chi connectivity index (χ4n) is 4.51. The molecule has 1 aliphatic heterocycles. The first-order valence-electron chi connectivity index (χ1n) is 11.9. The third-order valence-corrected chi connectivity index (χ3v) is 6.64. The van der Waals surface area contributed by atoms with Gasteiger partial charge in [0.05, 0.1) is 30.7 Å². The zero-order chi connectivity index (χ0) is 25.2. The van der Waals surface area contributed by atoms with Crippen LogP contribution in [0.5, 0.6) is 11.5 Å². The van der Waals surface area contributed by atoms with E-state index in [0.717, 1.165) is 35.5 Å². The van der Waals surface area contributed by atoms with Gasteiger partial charge >= 0.3 is 0 Å². The molecule has 1 aromatic heterocycles. The molecule has 0 spiro atoms. The van der Waals surface area contributed by atoms with Crippen LogP contribution in [0.15, 0.2) is 75.9 Å². The van der Waals surface area contributed by atoms with E-state index < -0.39 is 6.04 Å². The van der Waals surface area contributed by atoms with Gasteiger partial charge < -0.3 is 18.8 Å². The number of rotatable bonds is 8. The zero-order valence-corrected chi connectivity index (χ0v) is 20.9. The summed E-state index contributed by atoms with van der Waals surface area (Å²) in [5, 5.41) is 0.782. The third kappa shape index (κ3) is 4.44. The monoisotopic (exact) mass is 503 g/mol. The van der Waals surface area contributed by atoms with E-state index in [1.54, 1.807) is 30.2 Å². The number of ether oxygens (including phenoxy) is 2. The molecule has 1 unspecified atom stereocenters. The summed E-state index contributed by atoms with van der Waals surface area (Å²) < 4.78 is 17.1. The molecule has 1 amide bonds. The summed E-state index contributed by atoms with van der Waals surface area (Å²) in [6.45, 7) is 3.05. The fourth-order valence-corrected chi connectivity index (χ4v) is 4.68. The van der Waals surface area contributed by atoms with Crippen molar-refractivity contribution in [3.05, 3.63) is 104 Å². The molecule has 36 heavy (non-hydrogen) atoms. The van der Waals surface area contributed by atoms with E-state index in [0.29, 0.717) is 34.7 Å². The second-order valence-electron chi connectivity index (χ2n) is 8.77. The SMILES string of the molecule is CCCCOc1ccc(C2c3c(oc4ccc(Cl)cc4c3=O)C(=O)N2Cc2ccc(OC)cc2)cc1. The maximum absolute atomic E-state index is 13.7. The molecule has 0 fully saturated rings. The number of benzene rings is 3. The quantitative estimate of drug-likeness (QED) is 0.261. The Morgan fingerprint density at radius 3 is 2.39 bits per heavy atom. The van der Waals surface area contributed by atoms with Gasteiger partial charge in [-0.05, 0) is 60.0 Å². The highest BCUT2D eigenvalue weighted by atomic mass is 35.5. The summed E-state index contributed by atoms with van der Waals surface area (Å²) in [6.07, 6.45) is 2.02. The number of unbranched alkanes of at least 4 members (excludes halogenated alkanes) is 1. The number of carbonyl (C=O) groups is 1. The van der Waals surface area contributed by atoms with Crippen molar-refractivity contribution < 1.29 is 18.7 Å². The summed E-state index contributed by atoms with van der Waals surface area (Å²) in [6, 6.07) is 19.3. The van der Waals surface area contributed by atoms with Crippen LogP contribution in [-0.2, 0) is 6.54 Å². The lowest BCUT2D eigenvalue weighted by molar-refractivity contribution is 0.0714. The number of methoxy groups -OCH3 is 1. The number of amides is 1. The lowest BCUT2D eigenvalue weighted by Crippen LogP contribution is -2.29. The Morgan fingerprint density at radius 2 is 1.69 bits per heavy atom. The minimum absolute atomic E-state index is 0.0663. The minimum Gasteiger partial charge on any atom is -0.497 e. The van der Waals surface area contributed by atoms with Gasteiger partial charge in [0.2, 0.25) is 5.76 Å². The van der Waals surface area contributed by atoms with Gasteiger partial charge in [-0.1, -0.05) is 49.2 Å². The molecule has 3 aromatic carbocycles. The van der Waals surface area contributed by atoms with Crippen LogP contribution < -0.4 is 14.9 Å². The summed E-state index contributed by atoms with van der Waals surface area (Å²) in [5.41, 5.74) is 2.10. The van der Waals surface area contributed by atoms with E-state index in [1.807, 2.05) is 48.5 Å². The molecule has 0 radical (unpaired) electrons. The van der Waals surface area contributed by atoms with Crippen LogP contribution in [0.3, 0.4) is 0 Å². The van der Waals surface area contributed by atoms with Gasteiger partial charge in [-0.3, -0.25) is 9.59 Å². The van der Waals surface area contributed by atoms with E-state index >= 15 is 0 Å². The molecule has 0 N–H and O–H groups in total. The number of hydrogen-bond acceptors (Lipinski definition) is 5. The standard InChI is InChI=1S/C29H26ClNO5/c1-3-4-15-35-22-12-7-19(8-13-22)26-25-27(32)23-16-20(30)9-14-24(23)36-28(25)29(33)31(26)17-18-5-10-21(34-2)11-6-18/h5-14,16,26H,3-4,15,17H2,1-2H3.